The van der Waals surface area contributed by atoms with E-state index in [2.05, 4.69) is 0 Å². The minimum absolute atomic E-state index is 0.218. The Morgan fingerprint density at radius 1 is 0.628 bits per heavy atom. The fraction of sp³-hybridized carbons (Fsp3) is 0.286. The lowest BCUT2D eigenvalue weighted by Crippen LogP contribution is -2.59. The van der Waals surface area contributed by atoms with E-state index in [1.54, 1.807) is 18.2 Å². The highest BCUT2D eigenvalue weighted by Crippen LogP contribution is 2.49. The molecule has 6 atom stereocenters. The highest BCUT2D eigenvalue weighted by atomic mass is 17.0. The molecule has 0 amide bonds. The highest BCUT2D eigenvalue weighted by molar-refractivity contribution is 5.94. The third kappa shape index (κ3) is 5.86. The Morgan fingerprint density at radius 2 is 1.19 bits per heavy atom. The van der Waals surface area contributed by atoms with E-state index in [0.29, 0.717) is 30.9 Å². The summed E-state index contributed by atoms with van der Waals surface area (Å²) in [7, 11) is 0. The minimum Gasteiger partial charge on any atom is -0.400 e. The van der Waals surface area contributed by atoms with Gasteiger partial charge in [0.25, 0.3) is 0 Å². The molecule has 8 nitrogen and oxygen atoms in total. The molecule has 4 aromatic rings. The monoisotopic (exact) mass is 580 g/mol. The van der Waals surface area contributed by atoms with Crippen LogP contribution in [0.15, 0.2) is 115 Å². The van der Waals surface area contributed by atoms with E-state index >= 15 is 0 Å². The highest BCUT2D eigenvalue weighted by Gasteiger charge is 2.64. The summed E-state index contributed by atoms with van der Waals surface area (Å²) in [6, 6.07) is 36.8. The van der Waals surface area contributed by atoms with Crippen LogP contribution in [-0.2, 0) is 59.0 Å². The molecule has 1 unspecified atom stereocenters. The molecular weight excluding hydrogens is 548 g/mol. The number of benzene rings is 4. The van der Waals surface area contributed by atoms with E-state index < -0.39 is 42.6 Å². The SMILES string of the molecule is O=C1OC2(O[C@H]3O[C@H](COCc4ccccc4)[C@@H](OCc4ccccc4)[C@H](OCc4ccccc4)[C@H]3O2)c2ccccc21. The van der Waals surface area contributed by atoms with E-state index in [9.17, 15) is 4.79 Å². The smallest absolute Gasteiger partial charge is 0.362 e. The molecule has 3 aliphatic rings. The molecule has 3 heterocycles. The molecule has 43 heavy (non-hydrogen) atoms. The van der Waals surface area contributed by atoms with Gasteiger partial charge in [0.15, 0.2) is 6.29 Å². The van der Waals surface area contributed by atoms with Gasteiger partial charge in [0.1, 0.15) is 24.4 Å². The van der Waals surface area contributed by atoms with Gasteiger partial charge in [-0.25, -0.2) is 4.79 Å². The van der Waals surface area contributed by atoms with Crippen LogP contribution in [0, 0.1) is 0 Å². The van der Waals surface area contributed by atoms with E-state index in [1.165, 1.54) is 0 Å². The van der Waals surface area contributed by atoms with Gasteiger partial charge in [-0.05, 0) is 28.8 Å². The Hall–Kier alpha value is -3.89. The molecule has 4 aromatic carbocycles. The number of esters is 1. The lowest BCUT2D eigenvalue weighted by Gasteiger charge is -2.42. The maximum absolute atomic E-state index is 12.8. The third-order valence-corrected chi connectivity index (χ3v) is 7.82. The quantitative estimate of drug-likeness (QED) is 0.228. The lowest BCUT2D eigenvalue weighted by molar-refractivity contribution is -0.335. The molecule has 0 bridgehead atoms. The number of hydrogen-bond acceptors (Lipinski definition) is 8. The van der Waals surface area contributed by atoms with Gasteiger partial charge in [-0.3, -0.25) is 4.74 Å². The van der Waals surface area contributed by atoms with Gasteiger partial charge in [0.2, 0.25) is 0 Å². The van der Waals surface area contributed by atoms with E-state index in [1.807, 2.05) is 97.1 Å². The van der Waals surface area contributed by atoms with Crippen molar-refractivity contribution in [3.8, 4) is 0 Å². The maximum atomic E-state index is 12.8. The van der Waals surface area contributed by atoms with Crippen molar-refractivity contribution in [2.75, 3.05) is 6.61 Å². The first-order chi connectivity index (χ1) is 21.2. The van der Waals surface area contributed by atoms with E-state index in [-0.39, 0.29) is 6.61 Å². The Balaban J connectivity index is 1.19. The maximum Gasteiger partial charge on any atom is 0.362 e. The second-order valence-corrected chi connectivity index (χ2v) is 10.8. The molecule has 0 N–H and O–H groups in total. The van der Waals surface area contributed by atoms with Crippen molar-refractivity contribution in [2.45, 2.75) is 56.5 Å². The lowest BCUT2D eigenvalue weighted by atomic mass is 9.98. The molecule has 7 rings (SSSR count). The average molecular weight is 581 g/mol. The molecule has 2 saturated heterocycles. The van der Waals surface area contributed by atoms with Crippen molar-refractivity contribution in [1.82, 2.24) is 0 Å². The molecule has 0 aliphatic carbocycles. The summed E-state index contributed by atoms with van der Waals surface area (Å²) < 4.78 is 44.3. The third-order valence-electron chi connectivity index (χ3n) is 7.82. The number of hydrogen-bond donors (Lipinski definition) is 0. The fourth-order valence-electron chi connectivity index (χ4n) is 5.72. The normalized spacial score (nSPS) is 27.5. The summed E-state index contributed by atoms with van der Waals surface area (Å²) >= 11 is 0. The van der Waals surface area contributed by atoms with Crippen LogP contribution < -0.4 is 0 Å². The van der Waals surface area contributed by atoms with E-state index in [0.717, 1.165) is 16.7 Å². The predicted octanol–water partition coefficient (Wildman–Crippen LogP) is 5.50. The van der Waals surface area contributed by atoms with Crippen molar-refractivity contribution >= 4 is 5.97 Å². The van der Waals surface area contributed by atoms with Crippen LogP contribution in [0.2, 0.25) is 0 Å². The van der Waals surface area contributed by atoms with Crippen LogP contribution in [0.4, 0.5) is 0 Å². The standard InChI is InChI=1S/C35H32O8/c36-33-27-18-10-11-19-28(27)35(42-33)41-32-31(39-22-26-16-8-3-9-17-26)30(38-21-25-14-6-2-7-15-25)29(40-34(32)43-35)23-37-20-24-12-4-1-5-13-24/h1-19,29-32,34H,20-23H2/t29-,30-,31+,32-,34-,35?/m1/s1. The Bertz CT molecular complexity index is 1510. The summed E-state index contributed by atoms with van der Waals surface area (Å²) in [5, 5.41) is 0. The molecule has 2 fully saturated rings. The Labute approximate surface area is 250 Å². The first-order valence-corrected chi connectivity index (χ1v) is 14.5. The topological polar surface area (TPSA) is 81.7 Å². The zero-order valence-corrected chi connectivity index (χ0v) is 23.5. The number of rotatable bonds is 10. The van der Waals surface area contributed by atoms with Gasteiger partial charge < -0.3 is 28.4 Å². The van der Waals surface area contributed by atoms with Crippen LogP contribution in [0.5, 0.6) is 0 Å². The fourth-order valence-corrected chi connectivity index (χ4v) is 5.72. The van der Waals surface area contributed by atoms with Crippen LogP contribution in [0.1, 0.15) is 32.6 Å². The van der Waals surface area contributed by atoms with Crippen LogP contribution >= 0.6 is 0 Å². The summed E-state index contributed by atoms with van der Waals surface area (Å²) in [5.41, 5.74) is 3.94. The second kappa shape index (κ2) is 12.4. The first-order valence-electron chi connectivity index (χ1n) is 14.5. The molecule has 0 aromatic heterocycles. The zero-order chi connectivity index (χ0) is 29.1. The molecule has 3 aliphatic heterocycles. The zero-order valence-electron chi connectivity index (χ0n) is 23.5. The molecule has 220 valence electrons. The molecular formula is C35H32O8. The van der Waals surface area contributed by atoms with Gasteiger partial charge in [-0.15, -0.1) is 0 Å². The number of fused-ring (bicyclic) bond motifs is 3. The van der Waals surface area contributed by atoms with Crippen molar-refractivity contribution in [1.29, 1.82) is 0 Å². The number of carbonyl (C=O) groups is 1. The summed E-state index contributed by atoms with van der Waals surface area (Å²) in [5.74, 6) is -2.25. The van der Waals surface area contributed by atoms with Crippen molar-refractivity contribution in [3.63, 3.8) is 0 Å². The summed E-state index contributed by atoms with van der Waals surface area (Å²) in [4.78, 5) is 12.8. The van der Waals surface area contributed by atoms with Crippen LogP contribution in [0.3, 0.4) is 0 Å². The summed E-state index contributed by atoms with van der Waals surface area (Å²) in [6.45, 7) is 1.26. The number of ether oxygens (including phenoxy) is 7. The molecule has 8 heteroatoms. The predicted molar refractivity (Wildman–Crippen MR) is 154 cm³/mol. The first kappa shape index (κ1) is 27.9. The van der Waals surface area contributed by atoms with Gasteiger partial charge >= 0.3 is 11.9 Å². The van der Waals surface area contributed by atoms with Crippen molar-refractivity contribution in [3.05, 3.63) is 143 Å². The van der Waals surface area contributed by atoms with Crippen molar-refractivity contribution in [2.24, 2.45) is 0 Å². The summed E-state index contributed by atoms with van der Waals surface area (Å²) in [6.07, 6.45) is -3.46. The molecule has 0 saturated carbocycles. The van der Waals surface area contributed by atoms with Gasteiger partial charge in [-0.1, -0.05) is 103 Å². The van der Waals surface area contributed by atoms with Gasteiger partial charge in [0.05, 0.1) is 37.6 Å². The van der Waals surface area contributed by atoms with Crippen LogP contribution in [-0.4, -0.2) is 43.3 Å². The van der Waals surface area contributed by atoms with Crippen molar-refractivity contribution < 1.29 is 38.0 Å². The number of carbonyl (C=O) groups excluding carboxylic acids is 1. The molecule has 1 spiro atoms. The average Bonchev–Trinajstić information content (AvgIpc) is 3.56. The largest absolute Gasteiger partial charge is 0.400 e. The molecule has 0 radical (unpaired) electrons. The van der Waals surface area contributed by atoms with Crippen LogP contribution in [0.25, 0.3) is 0 Å². The minimum atomic E-state index is -1.73. The Kier molecular flexibility index (Phi) is 8.04. The Morgan fingerprint density at radius 3 is 1.84 bits per heavy atom. The second-order valence-electron chi connectivity index (χ2n) is 10.8. The van der Waals surface area contributed by atoms with E-state index in [4.69, 9.17) is 33.2 Å². The van der Waals surface area contributed by atoms with Gasteiger partial charge in [0, 0.05) is 0 Å². The van der Waals surface area contributed by atoms with Gasteiger partial charge in [-0.2, -0.15) is 0 Å².